The minimum atomic E-state index is 0. The molecule has 2 heterocycles. The number of furan rings is 1. The molecule has 0 aliphatic rings. The van der Waals surface area contributed by atoms with Crippen LogP contribution in [0.15, 0.2) is 59.3 Å². The monoisotopic (exact) mass is 426 g/mol. The smallest absolute Gasteiger partial charge is 0.116 e. The van der Waals surface area contributed by atoms with Crippen molar-refractivity contribution in [2.45, 2.75) is 0 Å². The van der Waals surface area contributed by atoms with Gasteiger partial charge in [0.15, 0.2) is 0 Å². The number of nitrogens with zero attached hydrogens (tertiary/aromatic N) is 2. The van der Waals surface area contributed by atoms with Crippen LogP contribution >= 0.6 is 0 Å². The molecule has 0 aliphatic carbocycles. The predicted molar refractivity (Wildman–Crippen MR) is 69.7 cm³/mol. The Morgan fingerprint density at radius 2 is 1.95 bits per heavy atom. The maximum atomic E-state index is 5.76. The fourth-order valence-electron chi connectivity index (χ4n) is 2.20. The summed E-state index contributed by atoms with van der Waals surface area (Å²) in [6, 6.07) is 17.0. The van der Waals surface area contributed by atoms with E-state index in [9.17, 15) is 0 Å². The molecule has 0 spiro atoms. The van der Waals surface area contributed by atoms with Crippen molar-refractivity contribution in [3.8, 4) is 5.69 Å². The van der Waals surface area contributed by atoms with Crippen LogP contribution in [-0.4, -0.2) is 9.78 Å². The minimum absolute atomic E-state index is 0. The van der Waals surface area contributed by atoms with Gasteiger partial charge in [-0.25, -0.2) is 0 Å². The first-order valence-electron chi connectivity index (χ1n) is 5.75. The van der Waals surface area contributed by atoms with E-state index < -0.39 is 0 Å². The molecule has 4 heteroatoms. The fourth-order valence-corrected chi connectivity index (χ4v) is 2.20. The van der Waals surface area contributed by atoms with Crippen LogP contribution in [-0.2, 0) is 20.1 Å². The topological polar surface area (TPSA) is 31.0 Å². The van der Waals surface area contributed by atoms with E-state index >= 15 is 0 Å². The van der Waals surface area contributed by atoms with E-state index in [0.717, 1.165) is 27.6 Å². The van der Waals surface area contributed by atoms with Gasteiger partial charge in [-0.1, -0.05) is 23.6 Å². The van der Waals surface area contributed by atoms with Crippen LogP contribution < -0.4 is 0 Å². The molecule has 4 rings (SSSR count). The Morgan fingerprint density at radius 1 is 1.05 bits per heavy atom. The number of aromatic nitrogens is 2. The summed E-state index contributed by atoms with van der Waals surface area (Å²) < 4.78 is 7.56. The van der Waals surface area contributed by atoms with Crippen LogP contribution in [0.3, 0.4) is 0 Å². The third-order valence-electron chi connectivity index (χ3n) is 3.05. The number of rotatable bonds is 1. The SMILES string of the molecule is [Ir].[c-]1cc2oc3ccccc3c2cc1-n1cccn1. The van der Waals surface area contributed by atoms with E-state index in [4.69, 9.17) is 4.42 Å². The molecule has 95 valence electrons. The molecule has 2 aromatic heterocycles. The van der Waals surface area contributed by atoms with E-state index in [1.807, 2.05) is 42.6 Å². The van der Waals surface area contributed by atoms with Gasteiger partial charge in [0.05, 0.1) is 0 Å². The van der Waals surface area contributed by atoms with Crippen molar-refractivity contribution in [3.63, 3.8) is 0 Å². The molecule has 0 atom stereocenters. The van der Waals surface area contributed by atoms with Gasteiger partial charge in [0.25, 0.3) is 0 Å². The molecule has 0 fully saturated rings. The molecule has 0 bridgehead atoms. The molecule has 0 saturated heterocycles. The molecule has 3 nitrogen and oxygen atoms in total. The van der Waals surface area contributed by atoms with Gasteiger partial charge in [-0.2, -0.15) is 11.2 Å². The van der Waals surface area contributed by atoms with Gasteiger partial charge in [-0.3, -0.25) is 4.68 Å². The molecule has 4 aromatic rings. The van der Waals surface area contributed by atoms with Crippen LogP contribution in [0.4, 0.5) is 0 Å². The molecule has 1 radical (unpaired) electrons. The van der Waals surface area contributed by atoms with E-state index in [1.165, 1.54) is 0 Å². The second kappa shape index (κ2) is 4.65. The minimum Gasteiger partial charge on any atom is -0.516 e. The first-order chi connectivity index (χ1) is 8.92. The Kier molecular flexibility index (Phi) is 2.97. The molecular formula is C15H9IrN2O-. The standard InChI is InChI=1S/C15H9N2O.Ir/c1-2-5-14-12(4-1)13-10-11(6-7-15(13)18-14)17-9-3-8-16-17;/h1-5,7-10H;/q-1;. The summed E-state index contributed by atoms with van der Waals surface area (Å²) in [6.45, 7) is 0. The fraction of sp³-hybridized carbons (Fsp3) is 0. The van der Waals surface area contributed by atoms with Crippen LogP contribution in [0.25, 0.3) is 27.6 Å². The van der Waals surface area contributed by atoms with Crippen molar-refractivity contribution < 1.29 is 24.5 Å². The second-order valence-corrected chi connectivity index (χ2v) is 4.15. The van der Waals surface area contributed by atoms with Gasteiger partial charge >= 0.3 is 0 Å². The first kappa shape index (κ1) is 12.1. The molecule has 0 unspecified atom stereocenters. The number of hydrogen-bond acceptors (Lipinski definition) is 2. The van der Waals surface area contributed by atoms with Gasteiger partial charge in [-0.05, 0) is 17.8 Å². The first-order valence-corrected chi connectivity index (χ1v) is 5.75. The quantitative estimate of drug-likeness (QED) is 0.437. The zero-order chi connectivity index (χ0) is 11.9. The molecule has 0 amide bonds. The normalized spacial score (nSPS) is 10.7. The molecule has 19 heavy (non-hydrogen) atoms. The Balaban J connectivity index is 0.00000110. The van der Waals surface area contributed by atoms with Gasteiger partial charge < -0.3 is 4.42 Å². The Morgan fingerprint density at radius 3 is 2.79 bits per heavy atom. The van der Waals surface area contributed by atoms with Crippen LogP contribution in [0.1, 0.15) is 0 Å². The summed E-state index contributed by atoms with van der Waals surface area (Å²) in [7, 11) is 0. The van der Waals surface area contributed by atoms with Crippen molar-refractivity contribution in [3.05, 3.63) is 60.9 Å². The molecular weight excluding hydrogens is 416 g/mol. The van der Waals surface area contributed by atoms with E-state index in [1.54, 1.807) is 10.9 Å². The second-order valence-electron chi connectivity index (χ2n) is 4.15. The zero-order valence-electron chi connectivity index (χ0n) is 9.83. The van der Waals surface area contributed by atoms with Gasteiger partial charge in [0, 0.05) is 43.5 Å². The number of benzene rings is 2. The maximum Gasteiger partial charge on any atom is 0.116 e. The average molecular weight is 425 g/mol. The van der Waals surface area contributed by atoms with Crippen LogP contribution in [0.5, 0.6) is 0 Å². The van der Waals surface area contributed by atoms with Crippen LogP contribution in [0, 0.1) is 6.07 Å². The number of hydrogen-bond donors (Lipinski definition) is 0. The zero-order valence-corrected chi connectivity index (χ0v) is 12.2. The maximum absolute atomic E-state index is 5.76. The van der Waals surface area contributed by atoms with E-state index in [-0.39, 0.29) is 20.1 Å². The Bertz CT molecular complexity index is 834. The summed E-state index contributed by atoms with van der Waals surface area (Å²) >= 11 is 0. The largest absolute Gasteiger partial charge is 0.516 e. The van der Waals surface area contributed by atoms with E-state index in [0.29, 0.717) is 0 Å². The van der Waals surface area contributed by atoms with Gasteiger partial charge in [-0.15, -0.1) is 12.1 Å². The molecule has 0 N–H and O–H groups in total. The summed E-state index contributed by atoms with van der Waals surface area (Å²) in [5.74, 6) is 0. The summed E-state index contributed by atoms with van der Waals surface area (Å²) in [5, 5.41) is 6.43. The van der Waals surface area contributed by atoms with Crippen molar-refractivity contribution in [1.82, 2.24) is 9.78 Å². The molecule has 0 aliphatic heterocycles. The van der Waals surface area contributed by atoms with Gasteiger partial charge in [0.2, 0.25) is 0 Å². The van der Waals surface area contributed by atoms with E-state index in [2.05, 4.69) is 17.2 Å². The third kappa shape index (κ3) is 1.89. The summed E-state index contributed by atoms with van der Waals surface area (Å²) in [5.41, 5.74) is 2.67. The predicted octanol–water partition coefficient (Wildman–Crippen LogP) is 3.57. The van der Waals surface area contributed by atoms with Crippen molar-refractivity contribution >= 4 is 21.9 Å². The van der Waals surface area contributed by atoms with Crippen LogP contribution in [0.2, 0.25) is 0 Å². The van der Waals surface area contributed by atoms with Crippen molar-refractivity contribution in [2.75, 3.05) is 0 Å². The number of fused-ring (bicyclic) bond motifs is 3. The van der Waals surface area contributed by atoms with Crippen molar-refractivity contribution in [2.24, 2.45) is 0 Å². The molecule has 2 aromatic carbocycles. The average Bonchev–Trinajstić information content (AvgIpc) is 3.05. The summed E-state index contributed by atoms with van der Waals surface area (Å²) in [4.78, 5) is 0. The third-order valence-corrected chi connectivity index (χ3v) is 3.05. The van der Waals surface area contributed by atoms with Crippen molar-refractivity contribution in [1.29, 1.82) is 0 Å². The molecule has 0 saturated carbocycles. The Hall–Kier alpha value is -1.90. The van der Waals surface area contributed by atoms with Gasteiger partial charge in [0.1, 0.15) is 5.58 Å². The number of para-hydroxylation sites is 1. The summed E-state index contributed by atoms with van der Waals surface area (Å²) in [6.07, 6.45) is 3.66. The Labute approximate surface area is 123 Å².